The van der Waals surface area contributed by atoms with E-state index in [4.69, 9.17) is 14.5 Å². The van der Waals surface area contributed by atoms with E-state index in [2.05, 4.69) is 17.2 Å². The van der Waals surface area contributed by atoms with Crippen LogP contribution in [0.3, 0.4) is 0 Å². The normalized spacial score (nSPS) is 25.4. The fourth-order valence-corrected chi connectivity index (χ4v) is 9.41. The van der Waals surface area contributed by atoms with Crippen LogP contribution in [0.25, 0.3) is 22.2 Å². The van der Waals surface area contributed by atoms with Crippen molar-refractivity contribution in [3.8, 4) is 22.8 Å². The number of aromatic nitrogens is 1. The molecular weight excluding hydrogens is 759 g/mol. The average molecular weight is 813 g/mol. The first-order chi connectivity index (χ1) is 27.6. The van der Waals surface area contributed by atoms with Gasteiger partial charge in [-0.3, -0.25) is 27.7 Å². The predicted octanol–water partition coefficient (Wildman–Crippen LogP) is 5.18. The molecule has 13 nitrogen and oxygen atoms in total. The minimum atomic E-state index is -2.81. The lowest BCUT2D eigenvalue weighted by atomic mass is 9.71. The third-order valence-electron chi connectivity index (χ3n) is 12.4. The van der Waals surface area contributed by atoms with Gasteiger partial charge in [0.25, 0.3) is 5.91 Å². The van der Waals surface area contributed by atoms with Crippen molar-refractivity contribution >= 4 is 45.7 Å². The second-order valence-electron chi connectivity index (χ2n) is 17.4. The van der Waals surface area contributed by atoms with E-state index < -0.39 is 63.6 Å². The van der Waals surface area contributed by atoms with E-state index in [-0.39, 0.29) is 37.5 Å². The Labute approximate surface area is 342 Å². The minimum Gasteiger partial charge on any atom is -0.755 e. The average Bonchev–Trinajstić information content (AvgIpc) is 4.13. The van der Waals surface area contributed by atoms with Gasteiger partial charge in [-0.15, -0.1) is 6.58 Å². The Hall–Kier alpha value is -4.66. The molecule has 0 radical (unpaired) electrons. The fourth-order valence-electron chi connectivity index (χ4n) is 8.66. The van der Waals surface area contributed by atoms with Crippen LogP contribution in [-0.2, 0) is 30.4 Å². The molecule has 2 saturated carbocycles. The molecule has 0 spiro atoms. The summed E-state index contributed by atoms with van der Waals surface area (Å²) in [6, 6.07) is 13.6. The number of carbonyl (C=O) groups is 4. The smallest absolute Gasteiger partial charge is 0.260 e. The summed E-state index contributed by atoms with van der Waals surface area (Å²) < 4.78 is 38.0. The quantitative estimate of drug-likeness (QED) is 0.163. The number of pyridine rings is 1. The van der Waals surface area contributed by atoms with Crippen LogP contribution in [0.1, 0.15) is 77.7 Å². The second-order valence-corrected chi connectivity index (χ2v) is 18.2. The number of carbonyl (C=O) groups excluding carboxylic acids is 4. The fraction of sp³-hybridized carbons (Fsp3) is 0.523. The monoisotopic (exact) mass is 812 g/mol. The summed E-state index contributed by atoms with van der Waals surface area (Å²) in [5, 5.41) is 6.77. The Morgan fingerprint density at radius 3 is 2.40 bits per heavy atom. The molecule has 3 aromatic rings. The summed E-state index contributed by atoms with van der Waals surface area (Å²) in [5.41, 5.74) is -0.957. The molecule has 310 valence electrons. The topological polar surface area (TPSA) is 170 Å². The van der Waals surface area contributed by atoms with E-state index >= 15 is 4.79 Å². The molecule has 3 amide bonds. The van der Waals surface area contributed by atoms with E-state index in [0.717, 1.165) is 34.7 Å². The number of hydrogen-bond donors (Lipinski definition) is 2. The highest BCUT2D eigenvalue weighted by Gasteiger charge is 2.63. The zero-order valence-electron chi connectivity index (χ0n) is 34.0. The number of piperidine rings is 1. The molecule has 7 rings (SSSR count). The molecule has 3 heterocycles. The van der Waals surface area contributed by atoms with Crippen molar-refractivity contribution in [1.29, 1.82) is 0 Å². The number of hydrogen-bond acceptors (Lipinski definition) is 10. The predicted molar refractivity (Wildman–Crippen MR) is 219 cm³/mol. The van der Waals surface area contributed by atoms with Gasteiger partial charge in [-0.05, 0) is 63.0 Å². The van der Waals surface area contributed by atoms with Gasteiger partial charge in [0.15, 0.2) is 11.4 Å². The number of ether oxygens (including phenoxy) is 2. The van der Waals surface area contributed by atoms with Gasteiger partial charge in [-0.25, -0.2) is 4.98 Å². The lowest BCUT2D eigenvalue weighted by molar-refractivity contribution is -0.146. The standard InChI is InChI=1S/C44H55N5O8S/c1-7-29-24-44(29,41(53)49(58(54)55)30-16-17-30)47-40(52)34-25-43(26-45-34,39(51)32(42(3,4)5)22-37(50)48-20-12-9-13-21-48)57-36-23-33(28-14-10-8-11-15-28)46-38-27(2)35(56-6)19-18-31(36)38/h7-8,10-11,14-15,18-19,23,29-30,32,34,45H,1,9,12-13,16-17,20-22,24-26H2,2-6H3,(H,47,52)(H,54,55)/p-1/t29-,32-,34+,43-,44?/m1/s1. The van der Waals surface area contributed by atoms with Crippen LogP contribution in [0.2, 0.25) is 0 Å². The molecule has 1 aromatic heterocycles. The van der Waals surface area contributed by atoms with Crippen molar-refractivity contribution in [3.05, 3.63) is 66.7 Å². The highest BCUT2D eigenvalue weighted by Crippen LogP contribution is 2.48. The molecule has 2 aliphatic carbocycles. The molecule has 58 heavy (non-hydrogen) atoms. The lowest BCUT2D eigenvalue weighted by Gasteiger charge is -2.38. The van der Waals surface area contributed by atoms with E-state index in [0.29, 0.717) is 54.0 Å². The largest absolute Gasteiger partial charge is 0.755 e. The summed E-state index contributed by atoms with van der Waals surface area (Å²) >= 11 is -2.81. The summed E-state index contributed by atoms with van der Waals surface area (Å²) in [7, 11) is 1.59. The maximum absolute atomic E-state index is 15.5. The number of rotatable bonds is 14. The summed E-state index contributed by atoms with van der Waals surface area (Å²) in [5.74, 6) is -1.90. The van der Waals surface area contributed by atoms with Crippen molar-refractivity contribution in [2.75, 3.05) is 26.7 Å². The van der Waals surface area contributed by atoms with Crippen LogP contribution in [0.15, 0.2) is 61.2 Å². The van der Waals surface area contributed by atoms with Gasteiger partial charge in [0.05, 0.1) is 35.6 Å². The molecular formula is C44H54N5O8S-. The highest BCUT2D eigenvalue weighted by molar-refractivity contribution is 7.77. The maximum atomic E-state index is 15.5. The van der Waals surface area contributed by atoms with Gasteiger partial charge in [0, 0.05) is 72.9 Å². The molecule has 4 aliphatic rings. The number of methoxy groups -OCH3 is 1. The van der Waals surface area contributed by atoms with Crippen molar-refractivity contribution in [2.45, 2.75) is 102 Å². The minimum absolute atomic E-state index is 0.0189. The van der Waals surface area contributed by atoms with Gasteiger partial charge in [-0.2, -0.15) is 0 Å². The number of Topliss-reactive ketones (excluding diaryl/α,β-unsaturated/α-hetero) is 1. The van der Waals surface area contributed by atoms with Crippen LogP contribution in [0, 0.1) is 24.2 Å². The van der Waals surface area contributed by atoms with E-state index in [1.807, 2.05) is 75.1 Å². The summed E-state index contributed by atoms with van der Waals surface area (Å²) in [4.78, 5) is 64.4. The van der Waals surface area contributed by atoms with Gasteiger partial charge in [0.2, 0.25) is 11.8 Å². The maximum Gasteiger partial charge on any atom is 0.260 e. The zero-order valence-corrected chi connectivity index (χ0v) is 34.8. The highest BCUT2D eigenvalue weighted by atomic mass is 32.2. The number of aryl methyl sites for hydroxylation is 1. The Morgan fingerprint density at radius 1 is 1.09 bits per heavy atom. The Kier molecular flexibility index (Phi) is 11.6. The first-order valence-corrected chi connectivity index (χ1v) is 21.3. The van der Waals surface area contributed by atoms with Crippen LogP contribution < -0.4 is 20.1 Å². The lowest BCUT2D eigenvalue weighted by Crippen LogP contribution is -2.56. The van der Waals surface area contributed by atoms with Gasteiger partial charge < -0.3 is 29.6 Å². The van der Waals surface area contributed by atoms with Gasteiger partial charge in [-0.1, -0.05) is 57.2 Å². The third-order valence-corrected chi connectivity index (χ3v) is 13.2. The number of nitrogens with zero attached hydrogens (tertiary/aromatic N) is 3. The molecule has 0 bridgehead atoms. The Bertz CT molecular complexity index is 2130. The van der Waals surface area contributed by atoms with Crippen molar-refractivity contribution in [1.82, 2.24) is 24.8 Å². The second kappa shape index (κ2) is 16.2. The molecule has 2 aliphatic heterocycles. The molecule has 6 atom stereocenters. The number of amides is 3. The van der Waals surface area contributed by atoms with Crippen LogP contribution in [-0.4, -0.2) is 96.4 Å². The molecule has 2 N–H and O–H groups in total. The SMILES string of the molecule is C=C[C@@H]1CC1(NC(=O)[C@@H]1C[C@](Oc2cc(-c3ccccc3)nc3c(C)c(OC)ccc23)(C(=O)[C@@H](CC(=O)N2CCCCC2)C(C)(C)C)CN1)C(=O)N(C1CC1)S(=O)[O-]. The third kappa shape index (κ3) is 8.02. The van der Waals surface area contributed by atoms with E-state index in [1.54, 1.807) is 19.3 Å². The number of likely N-dealkylation sites (tertiary alicyclic amines) is 1. The molecule has 2 saturated heterocycles. The van der Waals surface area contributed by atoms with Crippen LogP contribution >= 0.6 is 0 Å². The van der Waals surface area contributed by atoms with Crippen molar-refractivity contribution in [3.63, 3.8) is 0 Å². The molecule has 14 heteroatoms. The van der Waals surface area contributed by atoms with Crippen molar-refractivity contribution in [2.24, 2.45) is 17.3 Å². The number of benzene rings is 2. The van der Waals surface area contributed by atoms with Gasteiger partial charge >= 0.3 is 0 Å². The van der Waals surface area contributed by atoms with E-state index in [1.165, 1.54) is 0 Å². The zero-order chi connectivity index (χ0) is 41.6. The van der Waals surface area contributed by atoms with Crippen molar-refractivity contribution < 1.29 is 37.4 Å². The molecule has 2 aromatic carbocycles. The van der Waals surface area contributed by atoms with Crippen LogP contribution in [0.5, 0.6) is 11.5 Å². The Morgan fingerprint density at radius 2 is 1.79 bits per heavy atom. The number of nitrogens with one attached hydrogen (secondary N) is 2. The Balaban J connectivity index is 1.28. The molecule has 2 unspecified atom stereocenters. The number of fused-ring (bicyclic) bond motifs is 1. The first-order valence-electron chi connectivity index (χ1n) is 20.3. The molecule has 4 fully saturated rings. The first kappa shape index (κ1) is 41.5. The van der Waals surface area contributed by atoms with E-state index in [9.17, 15) is 23.1 Å². The van der Waals surface area contributed by atoms with Gasteiger partial charge in [0.1, 0.15) is 17.0 Å². The van der Waals surface area contributed by atoms with Crippen LogP contribution in [0.4, 0.5) is 0 Å². The summed E-state index contributed by atoms with van der Waals surface area (Å²) in [6.45, 7) is 12.8. The summed E-state index contributed by atoms with van der Waals surface area (Å²) in [6.07, 6.45) is 5.62. The number of ketones is 1.